The third-order valence-electron chi connectivity index (χ3n) is 0.691. The lowest BCUT2D eigenvalue weighted by Crippen LogP contribution is -1.94. The van der Waals surface area contributed by atoms with Gasteiger partial charge in [0.25, 0.3) is 0 Å². The van der Waals surface area contributed by atoms with E-state index in [-0.39, 0.29) is 0 Å². The molecule has 0 aliphatic carbocycles. The Morgan fingerprint density at radius 1 is 1.50 bits per heavy atom. The van der Waals surface area contributed by atoms with Crippen molar-refractivity contribution in [3.05, 3.63) is 0 Å². The van der Waals surface area contributed by atoms with E-state index < -0.39 is 0 Å². The summed E-state index contributed by atoms with van der Waals surface area (Å²) in [7, 11) is 4.27. The smallest absolute Gasteiger partial charge is 0.0648 e. The lowest BCUT2D eigenvalue weighted by atomic mass is 9.39. The normalized spacial score (nSPS) is 7.67. The second kappa shape index (κ2) is 5.13. The molecule has 0 saturated heterocycles. The quantitative estimate of drug-likeness (QED) is 0.352. The predicted molar refractivity (Wildman–Crippen MR) is 32.5 cm³/mol. The summed E-state index contributed by atoms with van der Waals surface area (Å²) < 4.78 is 0. The Bertz CT molecular complexity index is 17.5. The second-order valence-corrected chi connectivity index (χ2v) is 1.36. The Labute approximate surface area is 41.8 Å². The highest BCUT2D eigenvalue weighted by Crippen LogP contribution is 1.81. The lowest BCUT2D eigenvalue weighted by molar-refractivity contribution is 1.08. The van der Waals surface area contributed by atoms with Crippen molar-refractivity contribution in [2.75, 3.05) is 0 Å². The minimum atomic E-state index is 1.23. The molecule has 2 radical (unpaired) electrons. The molecule has 32 valence electrons. The van der Waals surface area contributed by atoms with Gasteiger partial charge in [0.2, 0.25) is 0 Å². The molecular formula is C4H10B2. The summed E-state index contributed by atoms with van der Waals surface area (Å²) in [6, 6.07) is 0. The highest BCUT2D eigenvalue weighted by atomic mass is 13.6. The van der Waals surface area contributed by atoms with Gasteiger partial charge in [-0.15, -0.1) is 0 Å². The Morgan fingerprint density at radius 2 is 2.17 bits per heavy atom. The van der Waals surface area contributed by atoms with Crippen molar-refractivity contribution in [2.24, 2.45) is 0 Å². The number of hydrogen-bond acceptors (Lipinski definition) is 0. The van der Waals surface area contributed by atoms with Crippen molar-refractivity contribution in [2.45, 2.75) is 26.5 Å². The standard InChI is InChI=1S/C4H10B2/c1-3-4-6-5-2/h3-4H2,1-2H3. The van der Waals surface area contributed by atoms with Crippen molar-refractivity contribution < 1.29 is 0 Å². The second-order valence-electron chi connectivity index (χ2n) is 1.36. The van der Waals surface area contributed by atoms with Crippen molar-refractivity contribution in [1.82, 2.24) is 0 Å². The number of rotatable bonds is 3. The molecule has 0 atom stereocenters. The molecule has 0 rings (SSSR count). The first kappa shape index (κ1) is 6.13. The largest absolute Gasteiger partial charge is 0.0999 e. The summed E-state index contributed by atoms with van der Waals surface area (Å²) in [4.78, 5) is 0. The minimum absolute atomic E-state index is 1.23. The molecule has 0 spiro atoms. The first-order valence-corrected chi connectivity index (χ1v) is 2.53. The molecule has 2 heteroatoms. The fourth-order valence-corrected chi connectivity index (χ4v) is 0.333. The fraction of sp³-hybridized carbons (Fsp3) is 1.00. The zero-order valence-electron chi connectivity index (χ0n) is 4.57. The first-order chi connectivity index (χ1) is 2.91. The van der Waals surface area contributed by atoms with Gasteiger partial charge in [0.05, 0.1) is 14.3 Å². The predicted octanol–water partition coefficient (Wildman–Crippen LogP) is 1.19. The molecule has 0 saturated carbocycles. The van der Waals surface area contributed by atoms with E-state index in [9.17, 15) is 0 Å². The Balaban J connectivity index is 2.34. The molecule has 0 amide bonds. The van der Waals surface area contributed by atoms with Crippen LogP contribution < -0.4 is 0 Å². The molecule has 0 aromatic heterocycles. The van der Waals surface area contributed by atoms with Crippen molar-refractivity contribution in [3.63, 3.8) is 0 Å². The van der Waals surface area contributed by atoms with E-state index in [1.54, 1.807) is 0 Å². The van der Waals surface area contributed by atoms with Crippen LogP contribution in [0.2, 0.25) is 13.1 Å². The average Bonchev–Trinajstić information content (AvgIpc) is 1.61. The van der Waals surface area contributed by atoms with E-state index in [1.165, 1.54) is 12.7 Å². The van der Waals surface area contributed by atoms with Gasteiger partial charge >= 0.3 is 0 Å². The molecule has 6 heavy (non-hydrogen) atoms. The highest BCUT2D eigenvalue weighted by molar-refractivity contribution is 6.99. The topological polar surface area (TPSA) is 0 Å². The van der Waals surface area contributed by atoms with Gasteiger partial charge in [0.1, 0.15) is 0 Å². The van der Waals surface area contributed by atoms with Gasteiger partial charge in [-0.25, -0.2) is 0 Å². The van der Waals surface area contributed by atoms with E-state index in [2.05, 4.69) is 28.1 Å². The van der Waals surface area contributed by atoms with Crippen LogP contribution in [-0.4, -0.2) is 14.3 Å². The third kappa shape index (κ3) is 4.13. The monoisotopic (exact) mass is 80.1 g/mol. The van der Waals surface area contributed by atoms with Gasteiger partial charge in [-0.1, -0.05) is 26.5 Å². The molecule has 0 bridgehead atoms. The zero-order valence-corrected chi connectivity index (χ0v) is 4.57. The van der Waals surface area contributed by atoms with Crippen LogP contribution in [0.4, 0.5) is 0 Å². The van der Waals surface area contributed by atoms with Crippen LogP contribution in [0.3, 0.4) is 0 Å². The summed E-state index contributed by atoms with van der Waals surface area (Å²) in [5.41, 5.74) is 0. The summed E-state index contributed by atoms with van der Waals surface area (Å²) in [5.74, 6) is 0. The number of hydrogen-bond donors (Lipinski definition) is 0. The summed E-state index contributed by atoms with van der Waals surface area (Å²) in [5, 5.41) is 0. The van der Waals surface area contributed by atoms with Gasteiger partial charge < -0.3 is 0 Å². The summed E-state index contributed by atoms with van der Waals surface area (Å²) in [6.07, 6.45) is 2.50. The molecule has 0 aromatic carbocycles. The molecule has 0 N–H and O–H groups in total. The van der Waals surface area contributed by atoms with Crippen LogP contribution in [0.5, 0.6) is 0 Å². The maximum Gasteiger partial charge on any atom is 0.0648 e. The minimum Gasteiger partial charge on any atom is -0.0999 e. The van der Waals surface area contributed by atoms with Crippen LogP contribution >= 0.6 is 0 Å². The van der Waals surface area contributed by atoms with Crippen LogP contribution in [0, 0.1) is 0 Å². The Hall–Kier alpha value is 0.130. The molecule has 0 unspecified atom stereocenters. The molecule has 0 nitrogen and oxygen atoms in total. The van der Waals surface area contributed by atoms with E-state index in [4.69, 9.17) is 0 Å². The Morgan fingerprint density at radius 3 is 2.33 bits per heavy atom. The molecule has 0 aromatic rings. The average molecular weight is 79.7 g/mol. The molecule has 0 heterocycles. The van der Waals surface area contributed by atoms with Crippen LogP contribution in [0.15, 0.2) is 0 Å². The zero-order chi connectivity index (χ0) is 4.83. The molecular weight excluding hydrogens is 69.7 g/mol. The van der Waals surface area contributed by atoms with Crippen LogP contribution in [-0.2, 0) is 0 Å². The summed E-state index contributed by atoms with van der Waals surface area (Å²) in [6.45, 7) is 4.23. The lowest BCUT2D eigenvalue weighted by Gasteiger charge is -1.82. The van der Waals surface area contributed by atoms with Gasteiger partial charge in [0.15, 0.2) is 0 Å². The maximum atomic E-state index is 2.18. The first-order valence-electron chi connectivity index (χ1n) is 2.53. The Kier molecular flexibility index (Phi) is 5.24. The van der Waals surface area contributed by atoms with Gasteiger partial charge in [-0.3, -0.25) is 0 Å². The van der Waals surface area contributed by atoms with Gasteiger partial charge in [-0.2, -0.15) is 0 Å². The van der Waals surface area contributed by atoms with Crippen LogP contribution in [0.25, 0.3) is 0 Å². The molecule has 0 fully saturated rings. The summed E-state index contributed by atoms with van der Waals surface area (Å²) >= 11 is 0. The van der Waals surface area contributed by atoms with Crippen molar-refractivity contribution in [3.8, 4) is 0 Å². The van der Waals surface area contributed by atoms with E-state index in [1.807, 2.05) is 0 Å². The third-order valence-corrected chi connectivity index (χ3v) is 0.691. The van der Waals surface area contributed by atoms with Gasteiger partial charge in [-0.05, 0) is 0 Å². The fourth-order valence-electron chi connectivity index (χ4n) is 0.333. The SMILES string of the molecule is C[B][B]CCC. The van der Waals surface area contributed by atoms with Gasteiger partial charge in [0, 0.05) is 0 Å². The highest BCUT2D eigenvalue weighted by Gasteiger charge is 1.79. The van der Waals surface area contributed by atoms with E-state index in [0.29, 0.717) is 0 Å². The van der Waals surface area contributed by atoms with Crippen LogP contribution in [0.1, 0.15) is 13.3 Å². The van der Waals surface area contributed by atoms with E-state index in [0.717, 1.165) is 0 Å². The molecule has 0 aliphatic heterocycles. The van der Waals surface area contributed by atoms with Crippen molar-refractivity contribution >= 4 is 14.3 Å². The van der Waals surface area contributed by atoms with E-state index >= 15 is 0 Å². The van der Waals surface area contributed by atoms with Crippen molar-refractivity contribution in [1.29, 1.82) is 0 Å². The maximum absolute atomic E-state index is 2.18. The molecule has 0 aliphatic rings.